The molecule has 114 valence electrons. The molecular formula is C16H20F2N2O. The first-order valence-electron chi connectivity index (χ1n) is 7.53. The Morgan fingerprint density at radius 3 is 2.29 bits per heavy atom. The summed E-state index contributed by atoms with van der Waals surface area (Å²) in [6.45, 7) is 1.73. The van der Waals surface area contributed by atoms with Gasteiger partial charge in [-0.3, -0.25) is 4.79 Å². The number of rotatable bonds is 2. The van der Waals surface area contributed by atoms with E-state index in [-0.39, 0.29) is 17.5 Å². The van der Waals surface area contributed by atoms with Crippen molar-refractivity contribution in [3.63, 3.8) is 0 Å². The van der Waals surface area contributed by atoms with Crippen LogP contribution in [-0.4, -0.2) is 47.9 Å². The first-order chi connectivity index (χ1) is 10.1. The maximum Gasteiger partial charge on any atom is 0.254 e. The second-order valence-electron chi connectivity index (χ2n) is 6.06. The summed E-state index contributed by atoms with van der Waals surface area (Å²) in [4.78, 5) is 16.7. The van der Waals surface area contributed by atoms with Gasteiger partial charge in [-0.05, 0) is 51.4 Å². The number of likely N-dealkylation sites (N-methyl/N-ethyl adjacent to an activating group) is 1. The van der Waals surface area contributed by atoms with E-state index in [1.807, 2.05) is 0 Å². The Kier molecular flexibility index (Phi) is 3.93. The number of nitrogens with zero attached hydrogens (tertiary/aromatic N) is 2. The fourth-order valence-electron chi connectivity index (χ4n) is 3.71. The molecule has 2 aliphatic rings. The predicted octanol–water partition coefficient (Wildman–Crippen LogP) is 2.66. The summed E-state index contributed by atoms with van der Waals surface area (Å²) in [6.07, 6.45) is 4.16. The van der Waals surface area contributed by atoms with E-state index in [2.05, 4.69) is 11.9 Å². The van der Waals surface area contributed by atoms with Crippen molar-refractivity contribution in [2.75, 3.05) is 20.1 Å². The Labute approximate surface area is 123 Å². The van der Waals surface area contributed by atoms with Crippen LogP contribution in [-0.2, 0) is 0 Å². The number of carbonyl (C=O) groups excluding carboxylic acids is 1. The molecule has 3 nitrogen and oxygen atoms in total. The number of halogens is 2. The zero-order valence-electron chi connectivity index (χ0n) is 12.2. The molecule has 0 spiro atoms. The molecule has 1 amide bonds. The highest BCUT2D eigenvalue weighted by Gasteiger charge is 2.38. The van der Waals surface area contributed by atoms with E-state index < -0.39 is 11.6 Å². The molecule has 0 N–H and O–H groups in total. The molecule has 2 saturated heterocycles. The van der Waals surface area contributed by atoms with Crippen molar-refractivity contribution < 1.29 is 13.6 Å². The van der Waals surface area contributed by atoms with Crippen LogP contribution in [0.4, 0.5) is 8.78 Å². The van der Waals surface area contributed by atoms with Crippen molar-refractivity contribution in [1.29, 1.82) is 0 Å². The van der Waals surface area contributed by atoms with Crippen molar-refractivity contribution in [1.82, 2.24) is 9.80 Å². The van der Waals surface area contributed by atoms with Gasteiger partial charge in [-0.2, -0.15) is 0 Å². The minimum Gasteiger partial charge on any atom is -0.334 e. The van der Waals surface area contributed by atoms with E-state index in [0.717, 1.165) is 50.4 Å². The summed E-state index contributed by atoms with van der Waals surface area (Å²) in [6, 6.07) is 3.58. The van der Waals surface area contributed by atoms with E-state index in [9.17, 15) is 13.6 Å². The van der Waals surface area contributed by atoms with Crippen LogP contribution in [0.2, 0.25) is 0 Å². The Hall–Kier alpha value is -1.49. The fraction of sp³-hybridized carbons (Fsp3) is 0.562. The molecule has 2 atom stereocenters. The number of likely N-dealkylation sites (tertiary alicyclic amines) is 2. The Morgan fingerprint density at radius 1 is 1.05 bits per heavy atom. The van der Waals surface area contributed by atoms with Crippen molar-refractivity contribution in [3.05, 3.63) is 35.4 Å². The zero-order chi connectivity index (χ0) is 15.0. The van der Waals surface area contributed by atoms with Gasteiger partial charge in [-0.1, -0.05) is 0 Å². The smallest absolute Gasteiger partial charge is 0.254 e. The average Bonchev–Trinajstić information content (AvgIpc) is 3.04. The van der Waals surface area contributed by atoms with Gasteiger partial charge in [-0.25, -0.2) is 8.78 Å². The molecule has 21 heavy (non-hydrogen) atoms. The van der Waals surface area contributed by atoms with Gasteiger partial charge in [0.05, 0.1) is 0 Å². The third-order valence-corrected chi connectivity index (χ3v) is 4.69. The molecule has 0 unspecified atom stereocenters. The third-order valence-electron chi connectivity index (χ3n) is 4.69. The van der Waals surface area contributed by atoms with Gasteiger partial charge in [0, 0.05) is 30.3 Å². The Balaban J connectivity index is 1.82. The second kappa shape index (κ2) is 5.72. The molecule has 0 aliphatic carbocycles. The topological polar surface area (TPSA) is 23.6 Å². The molecule has 0 saturated carbocycles. The van der Waals surface area contributed by atoms with E-state index >= 15 is 0 Å². The van der Waals surface area contributed by atoms with Crippen LogP contribution in [0.3, 0.4) is 0 Å². The minimum atomic E-state index is -0.702. The fourth-order valence-corrected chi connectivity index (χ4v) is 3.71. The van der Waals surface area contributed by atoms with E-state index in [4.69, 9.17) is 0 Å². The van der Waals surface area contributed by atoms with Gasteiger partial charge in [0.15, 0.2) is 0 Å². The molecule has 0 bridgehead atoms. The van der Waals surface area contributed by atoms with Crippen LogP contribution >= 0.6 is 0 Å². The molecular weight excluding hydrogens is 274 g/mol. The summed E-state index contributed by atoms with van der Waals surface area (Å²) in [5.74, 6) is -1.66. The van der Waals surface area contributed by atoms with Crippen molar-refractivity contribution in [2.24, 2.45) is 0 Å². The molecule has 5 heteroatoms. The Bertz CT molecular complexity index is 529. The van der Waals surface area contributed by atoms with Gasteiger partial charge in [-0.15, -0.1) is 0 Å². The lowest BCUT2D eigenvalue weighted by molar-refractivity contribution is 0.0663. The van der Waals surface area contributed by atoms with Crippen molar-refractivity contribution >= 4 is 5.91 Å². The lowest BCUT2D eigenvalue weighted by atomic mass is 10.0. The second-order valence-corrected chi connectivity index (χ2v) is 6.06. The molecule has 0 aromatic heterocycles. The number of amides is 1. The van der Waals surface area contributed by atoms with Gasteiger partial charge in [0.1, 0.15) is 11.6 Å². The SMILES string of the molecule is CN1CCC[C@@H]1[C@H]1CCCN1C(=O)c1cc(F)cc(F)c1. The number of benzene rings is 1. The molecule has 1 aromatic carbocycles. The maximum atomic E-state index is 13.3. The standard InChI is InChI=1S/C16H20F2N2O/c1-19-6-2-4-14(19)15-5-3-7-20(15)16(21)11-8-12(17)10-13(18)9-11/h8-10,14-15H,2-7H2,1H3/t14-,15-/m1/s1. The predicted molar refractivity (Wildman–Crippen MR) is 76.1 cm³/mol. The van der Waals surface area contributed by atoms with E-state index in [1.54, 1.807) is 4.90 Å². The normalized spacial score (nSPS) is 26.5. The van der Waals surface area contributed by atoms with Gasteiger partial charge in [0.2, 0.25) is 0 Å². The number of hydrogen-bond acceptors (Lipinski definition) is 2. The molecule has 2 heterocycles. The average molecular weight is 294 g/mol. The molecule has 3 rings (SSSR count). The molecule has 2 aliphatic heterocycles. The summed E-state index contributed by atoms with van der Waals surface area (Å²) in [5, 5.41) is 0. The summed E-state index contributed by atoms with van der Waals surface area (Å²) < 4.78 is 26.6. The van der Waals surface area contributed by atoms with Crippen LogP contribution in [0.15, 0.2) is 18.2 Å². The van der Waals surface area contributed by atoms with Gasteiger partial charge >= 0.3 is 0 Å². The zero-order valence-corrected chi connectivity index (χ0v) is 12.2. The van der Waals surface area contributed by atoms with Gasteiger partial charge in [0.25, 0.3) is 5.91 Å². The number of carbonyl (C=O) groups is 1. The highest BCUT2D eigenvalue weighted by Crippen LogP contribution is 2.30. The van der Waals surface area contributed by atoms with Crippen LogP contribution in [0.25, 0.3) is 0 Å². The first-order valence-corrected chi connectivity index (χ1v) is 7.53. The van der Waals surface area contributed by atoms with Crippen LogP contribution in [0, 0.1) is 11.6 Å². The minimum absolute atomic E-state index is 0.111. The van der Waals surface area contributed by atoms with E-state index in [0.29, 0.717) is 12.6 Å². The summed E-state index contributed by atoms with van der Waals surface area (Å²) >= 11 is 0. The maximum absolute atomic E-state index is 13.3. The van der Waals surface area contributed by atoms with Crippen molar-refractivity contribution in [2.45, 2.75) is 37.8 Å². The molecule has 1 aromatic rings. The molecule has 0 radical (unpaired) electrons. The summed E-state index contributed by atoms with van der Waals surface area (Å²) in [7, 11) is 2.08. The lowest BCUT2D eigenvalue weighted by Gasteiger charge is -2.33. The first kappa shape index (κ1) is 14.4. The largest absolute Gasteiger partial charge is 0.334 e. The summed E-state index contributed by atoms with van der Waals surface area (Å²) in [5.41, 5.74) is 0.111. The van der Waals surface area contributed by atoms with Crippen LogP contribution in [0.5, 0.6) is 0 Å². The highest BCUT2D eigenvalue weighted by molar-refractivity contribution is 5.94. The van der Waals surface area contributed by atoms with E-state index in [1.165, 1.54) is 0 Å². The lowest BCUT2D eigenvalue weighted by Crippen LogP contribution is -2.47. The number of hydrogen-bond donors (Lipinski definition) is 0. The van der Waals surface area contributed by atoms with Crippen LogP contribution < -0.4 is 0 Å². The molecule has 2 fully saturated rings. The van der Waals surface area contributed by atoms with Crippen molar-refractivity contribution in [3.8, 4) is 0 Å². The highest BCUT2D eigenvalue weighted by atomic mass is 19.1. The van der Waals surface area contributed by atoms with Gasteiger partial charge < -0.3 is 9.80 Å². The quantitative estimate of drug-likeness (QED) is 0.837. The monoisotopic (exact) mass is 294 g/mol. The third kappa shape index (κ3) is 2.79. The Morgan fingerprint density at radius 2 is 1.67 bits per heavy atom. The van der Waals surface area contributed by atoms with Crippen LogP contribution in [0.1, 0.15) is 36.0 Å².